The summed E-state index contributed by atoms with van der Waals surface area (Å²) in [6.45, 7) is 6.17. The second-order valence-electron chi connectivity index (χ2n) is 3.06. The number of hydrogen-bond donors (Lipinski definition) is 1. The number of rotatable bonds is 1. The van der Waals surface area contributed by atoms with Crippen LogP contribution in [0.2, 0.25) is 0 Å². The molecule has 2 nitrogen and oxygen atoms in total. The van der Waals surface area contributed by atoms with Gasteiger partial charge in [-0.1, -0.05) is 43.8 Å². The maximum atomic E-state index is 5.64. The molecule has 0 aliphatic heterocycles. The Hall–Kier alpha value is -1.09. The van der Waals surface area contributed by atoms with E-state index in [1.54, 1.807) is 11.3 Å². The summed E-state index contributed by atoms with van der Waals surface area (Å²) in [5.74, 6) is 0. The molecule has 1 aliphatic carbocycles. The van der Waals surface area contributed by atoms with Crippen molar-refractivity contribution < 1.29 is 0 Å². The molecule has 0 aromatic carbocycles. The molecule has 0 unspecified atom stereocenters. The van der Waals surface area contributed by atoms with Gasteiger partial charge in [-0.05, 0) is 25.0 Å². The Kier molecular flexibility index (Phi) is 4.56. The zero-order chi connectivity index (χ0) is 11.3. The van der Waals surface area contributed by atoms with Gasteiger partial charge < -0.3 is 5.73 Å². The van der Waals surface area contributed by atoms with Gasteiger partial charge in [-0.2, -0.15) is 0 Å². The fourth-order valence-electron chi connectivity index (χ4n) is 1.40. The highest BCUT2D eigenvalue weighted by Gasteiger charge is 2.07. The third-order valence-corrected chi connectivity index (χ3v) is 3.01. The van der Waals surface area contributed by atoms with E-state index in [0.717, 1.165) is 18.5 Å². The number of nitrogens with zero attached hydrogens (tertiary/aromatic N) is 1. The van der Waals surface area contributed by atoms with Crippen molar-refractivity contribution >= 4 is 28.6 Å². The Morgan fingerprint density at radius 3 is 2.87 bits per heavy atom. The predicted octanol–water partition coefficient (Wildman–Crippen LogP) is 3.96. The third kappa shape index (κ3) is 2.93. The van der Waals surface area contributed by atoms with Gasteiger partial charge in [0.1, 0.15) is 0 Å². The molecule has 3 heteroatoms. The lowest BCUT2D eigenvalue weighted by Gasteiger charge is -1.95. The van der Waals surface area contributed by atoms with Gasteiger partial charge in [-0.25, -0.2) is 4.98 Å². The minimum Gasteiger partial charge on any atom is -0.375 e. The molecular weight excluding hydrogens is 204 g/mol. The first-order valence-electron chi connectivity index (χ1n) is 5.42. The van der Waals surface area contributed by atoms with Crippen LogP contribution >= 0.6 is 11.3 Å². The van der Waals surface area contributed by atoms with Crippen LogP contribution in [0.5, 0.6) is 0 Å². The molecule has 0 atom stereocenters. The number of nitrogens with two attached hydrogens (primary N) is 1. The Labute approximate surface area is 95.5 Å². The first-order valence-corrected chi connectivity index (χ1v) is 6.23. The molecule has 0 fully saturated rings. The van der Waals surface area contributed by atoms with Gasteiger partial charge in [-0.15, -0.1) is 0 Å². The van der Waals surface area contributed by atoms with Crippen molar-refractivity contribution in [2.45, 2.75) is 33.6 Å². The SMILES string of the molecule is CC.CCC1=Cc2nc(N)sc2C=CC1. The first-order chi connectivity index (χ1) is 7.29. The standard InChI is InChI=1S/C10H12N2S.C2H6/c1-2-7-4-3-5-9-8(6-7)12-10(11)13-9;1-2/h3,5-6H,2,4H2,1H3,(H2,11,12);1-2H3. The van der Waals surface area contributed by atoms with Gasteiger partial charge >= 0.3 is 0 Å². The van der Waals surface area contributed by atoms with Crippen molar-refractivity contribution in [2.24, 2.45) is 0 Å². The van der Waals surface area contributed by atoms with E-state index in [9.17, 15) is 0 Å². The highest BCUT2D eigenvalue weighted by Crippen LogP contribution is 2.28. The van der Waals surface area contributed by atoms with Gasteiger partial charge in [-0.3, -0.25) is 0 Å². The average Bonchev–Trinajstić information content (AvgIpc) is 2.49. The van der Waals surface area contributed by atoms with E-state index < -0.39 is 0 Å². The van der Waals surface area contributed by atoms with Crippen LogP contribution in [0.4, 0.5) is 5.13 Å². The highest BCUT2D eigenvalue weighted by atomic mass is 32.1. The molecule has 0 saturated heterocycles. The first kappa shape index (κ1) is 12.0. The minimum atomic E-state index is 0.656. The Balaban J connectivity index is 0.000000531. The van der Waals surface area contributed by atoms with E-state index in [2.05, 4.69) is 30.1 Å². The van der Waals surface area contributed by atoms with Crippen molar-refractivity contribution in [3.63, 3.8) is 0 Å². The van der Waals surface area contributed by atoms with E-state index in [1.807, 2.05) is 13.8 Å². The van der Waals surface area contributed by atoms with Gasteiger partial charge in [0.15, 0.2) is 5.13 Å². The summed E-state index contributed by atoms with van der Waals surface area (Å²) in [5, 5.41) is 0.656. The molecule has 82 valence electrons. The second kappa shape index (κ2) is 5.71. The molecule has 0 saturated carbocycles. The van der Waals surface area contributed by atoms with Crippen molar-refractivity contribution in [3.05, 3.63) is 22.2 Å². The monoisotopic (exact) mass is 222 g/mol. The molecule has 0 radical (unpaired) electrons. The maximum absolute atomic E-state index is 5.64. The minimum absolute atomic E-state index is 0.656. The summed E-state index contributed by atoms with van der Waals surface area (Å²) in [6, 6.07) is 0. The molecule has 1 heterocycles. The fraction of sp³-hybridized carbons (Fsp3) is 0.417. The smallest absolute Gasteiger partial charge is 0.181 e. The Morgan fingerprint density at radius 1 is 1.47 bits per heavy atom. The molecule has 2 rings (SSSR count). The van der Waals surface area contributed by atoms with Crippen molar-refractivity contribution in [3.8, 4) is 0 Å². The lowest BCUT2D eigenvalue weighted by atomic mass is 10.1. The van der Waals surface area contributed by atoms with Gasteiger partial charge in [0.2, 0.25) is 0 Å². The summed E-state index contributed by atoms with van der Waals surface area (Å²) >= 11 is 1.55. The highest BCUT2D eigenvalue weighted by molar-refractivity contribution is 7.16. The topological polar surface area (TPSA) is 38.9 Å². The molecule has 1 aromatic heterocycles. The maximum Gasteiger partial charge on any atom is 0.181 e. The predicted molar refractivity (Wildman–Crippen MR) is 69.8 cm³/mol. The van der Waals surface area contributed by atoms with E-state index in [-0.39, 0.29) is 0 Å². The van der Waals surface area contributed by atoms with Crippen LogP contribution in [-0.2, 0) is 0 Å². The number of fused-ring (bicyclic) bond motifs is 1. The van der Waals surface area contributed by atoms with Crippen LogP contribution in [-0.4, -0.2) is 4.98 Å². The Bertz CT molecular complexity index is 375. The summed E-state index contributed by atoms with van der Waals surface area (Å²) in [4.78, 5) is 5.46. The number of anilines is 1. The molecule has 1 aromatic rings. The molecule has 0 amide bonds. The number of allylic oxidation sites excluding steroid dienone is 2. The van der Waals surface area contributed by atoms with E-state index in [4.69, 9.17) is 5.73 Å². The van der Waals surface area contributed by atoms with Crippen LogP contribution in [0.3, 0.4) is 0 Å². The van der Waals surface area contributed by atoms with Crippen LogP contribution in [0, 0.1) is 0 Å². The molecule has 0 spiro atoms. The lowest BCUT2D eigenvalue weighted by molar-refractivity contribution is 1.05. The van der Waals surface area contributed by atoms with E-state index in [1.165, 1.54) is 10.5 Å². The van der Waals surface area contributed by atoms with Gasteiger partial charge in [0, 0.05) is 0 Å². The second-order valence-corrected chi connectivity index (χ2v) is 4.13. The van der Waals surface area contributed by atoms with Gasteiger partial charge in [0.25, 0.3) is 0 Å². The molecule has 0 bridgehead atoms. The van der Waals surface area contributed by atoms with Crippen molar-refractivity contribution in [1.82, 2.24) is 4.98 Å². The Morgan fingerprint density at radius 2 is 2.20 bits per heavy atom. The quantitative estimate of drug-likeness (QED) is 0.781. The summed E-state index contributed by atoms with van der Waals surface area (Å²) < 4.78 is 0. The summed E-state index contributed by atoms with van der Waals surface area (Å²) in [5.41, 5.74) is 8.09. The van der Waals surface area contributed by atoms with E-state index >= 15 is 0 Å². The molecular formula is C12H18N2S. The zero-order valence-corrected chi connectivity index (χ0v) is 10.4. The van der Waals surface area contributed by atoms with Crippen LogP contribution in [0.25, 0.3) is 12.2 Å². The van der Waals surface area contributed by atoms with E-state index in [0.29, 0.717) is 5.13 Å². The number of nitrogen functional groups attached to an aromatic ring is 1. The number of aromatic nitrogens is 1. The summed E-state index contributed by atoms with van der Waals surface area (Å²) in [7, 11) is 0. The number of hydrogen-bond acceptors (Lipinski definition) is 3. The third-order valence-electron chi connectivity index (χ3n) is 2.14. The largest absolute Gasteiger partial charge is 0.375 e. The average molecular weight is 222 g/mol. The van der Waals surface area contributed by atoms with Crippen molar-refractivity contribution in [2.75, 3.05) is 5.73 Å². The zero-order valence-electron chi connectivity index (χ0n) is 9.58. The number of thiazole rings is 1. The fourth-order valence-corrected chi connectivity index (χ4v) is 2.14. The summed E-state index contributed by atoms with van der Waals surface area (Å²) in [6.07, 6.45) is 8.57. The molecule has 15 heavy (non-hydrogen) atoms. The molecule has 2 N–H and O–H groups in total. The van der Waals surface area contributed by atoms with Gasteiger partial charge in [0.05, 0.1) is 10.6 Å². The van der Waals surface area contributed by atoms with Crippen molar-refractivity contribution in [1.29, 1.82) is 0 Å². The normalized spacial score (nSPS) is 13.4. The lowest BCUT2D eigenvalue weighted by Crippen LogP contribution is -1.83. The van der Waals surface area contributed by atoms with Crippen LogP contribution in [0.15, 0.2) is 11.6 Å². The molecule has 1 aliphatic rings. The van der Waals surface area contributed by atoms with Crippen LogP contribution < -0.4 is 5.73 Å². The van der Waals surface area contributed by atoms with Crippen LogP contribution in [0.1, 0.15) is 44.2 Å².